The van der Waals surface area contributed by atoms with Gasteiger partial charge in [-0.25, -0.2) is 0 Å². The lowest BCUT2D eigenvalue weighted by Gasteiger charge is -2.11. The third kappa shape index (κ3) is 4.80. The molecule has 0 atom stereocenters. The van der Waals surface area contributed by atoms with Crippen LogP contribution in [0.4, 0.5) is 5.69 Å². The number of hydrogen-bond acceptors (Lipinski definition) is 7. The smallest absolute Gasteiger partial charge is 0.234 e. The highest BCUT2D eigenvalue weighted by Crippen LogP contribution is 2.29. The molecule has 1 aromatic heterocycles. The number of carbonyl (C=O) groups is 1. The quantitative estimate of drug-likeness (QED) is 0.566. The Morgan fingerprint density at radius 1 is 1.00 bits per heavy atom. The first kappa shape index (κ1) is 20.5. The van der Waals surface area contributed by atoms with Crippen molar-refractivity contribution in [3.8, 4) is 28.6 Å². The van der Waals surface area contributed by atoms with E-state index in [2.05, 4.69) is 15.5 Å². The van der Waals surface area contributed by atoms with E-state index in [1.165, 1.54) is 11.8 Å². The van der Waals surface area contributed by atoms with Gasteiger partial charge in [-0.2, -0.15) is 0 Å². The fraction of sp³-hybridized carbons (Fsp3) is 0.250. The first-order chi connectivity index (χ1) is 14.0. The number of hydrogen-bond donors (Lipinski definition) is 1. The average Bonchev–Trinajstić information content (AvgIpc) is 3.12. The van der Waals surface area contributed by atoms with Gasteiger partial charge >= 0.3 is 0 Å². The SMILES string of the molecule is COc1ccc(-c2nnc(SCC(=O)Nc3ccc(OC)cc3OC)n2C)cc1. The van der Waals surface area contributed by atoms with Gasteiger partial charge in [0.15, 0.2) is 11.0 Å². The molecule has 29 heavy (non-hydrogen) atoms. The fourth-order valence-electron chi connectivity index (χ4n) is 2.65. The molecule has 0 radical (unpaired) electrons. The Bertz CT molecular complexity index is 989. The molecule has 0 aliphatic heterocycles. The van der Waals surface area contributed by atoms with Crippen LogP contribution in [0.5, 0.6) is 17.2 Å². The highest BCUT2D eigenvalue weighted by molar-refractivity contribution is 7.99. The normalized spacial score (nSPS) is 10.5. The van der Waals surface area contributed by atoms with E-state index in [0.29, 0.717) is 28.2 Å². The largest absolute Gasteiger partial charge is 0.497 e. The van der Waals surface area contributed by atoms with Crippen LogP contribution in [0, 0.1) is 0 Å². The summed E-state index contributed by atoms with van der Waals surface area (Å²) in [6, 6.07) is 12.8. The standard InChI is InChI=1S/C20H22N4O4S/c1-24-19(13-5-7-14(26-2)8-6-13)22-23-20(24)29-12-18(25)21-16-10-9-15(27-3)11-17(16)28-4/h5-11H,12H2,1-4H3,(H,21,25). The summed E-state index contributed by atoms with van der Waals surface area (Å²) >= 11 is 1.31. The van der Waals surface area contributed by atoms with Gasteiger partial charge < -0.3 is 24.1 Å². The average molecular weight is 414 g/mol. The fourth-order valence-corrected chi connectivity index (χ4v) is 3.36. The van der Waals surface area contributed by atoms with E-state index in [9.17, 15) is 4.79 Å². The molecule has 0 saturated heterocycles. The predicted octanol–water partition coefficient (Wildman–Crippen LogP) is 3.24. The Labute approximate surface area is 173 Å². The lowest BCUT2D eigenvalue weighted by atomic mass is 10.2. The van der Waals surface area contributed by atoms with Crippen molar-refractivity contribution >= 4 is 23.4 Å². The van der Waals surface area contributed by atoms with Gasteiger partial charge in [0, 0.05) is 18.7 Å². The van der Waals surface area contributed by atoms with E-state index in [1.54, 1.807) is 39.5 Å². The van der Waals surface area contributed by atoms with Gasteiger partial charge in [0.25, 0.3) is 0 Å². The third-order valence-electron chi connectivity index (χ3n) is 4.20. The molecule has 2 aromatic carbocycles. The maximum absolute atomic E-state index is 12.4. The number of nitrogens with one attached hydrogen (secondary N) is 1. The number of thioether (sulfide) groups is 1. The zero-order valence-electron chi connectivity index (χ0n) is 16.6. The maximum Gasteiger partial charge on any atom is 0.234 e. The molecule has 3 rings (SSSR count). The number of ether oxygens (including phenoxy) is 3. The number of carbonyl (C=O) groups excluding carboxylic acids is 1. The van der Waals surface area contributed by atoms with Gasteiger partial charge in [-0.3, -0.25) is 4.79 Å². The number of methoxy groups -OCH3 is 3. The van der Waals surface area contributed by atoms with Crippen molar-refractivity contribution in [2.24, 2.45) is 7.05 Å². The third-order valence-corrected chi connectivity index (χ3v) is 5.22. The Balaban J connectivity index is 1.64. The second-order valence-corrected chi connectivity index (χ2v) is 6.94. The molecular formula is C20H22N4O4S. The van der Waals surface area contributed by atoms with E-state index < -0.39 is 0 Å². The van der Waals surface area contributed by atoms with Crippen molar-refractivity contribution in [3.05, 3.63) is 42.5 Å². The first-order valence-corrected chi connectivity index (χ1v) is 9.72. The number of aromatic nitrogens is 3. The zero-order chi connectivity index (χ0) is 20.8. The van der Waals surface area contributed by atoms with E-state index in [-0.39, 0.29) is 11.7 Å². The molecule has 152 valence electrons. The molecule has 0 fully saturated rings. The van der Waals surface area contributed by atoms with Crippen LogP contribution < -0.4 is 19.5 Å². The summed E-state index contributed by atoms with van der Waals surface area (Å²) in [5.74, 6) is 2.68. The topological polar surface area (TPSA) is 87.5 Å². The van der Waals surface area contributed by atoms with Crippen molar-refractivity contribution < 1.29 is 19.0 Å². The lowest BCUT2D eigenvalue weighted by Crippen LogP contribution is -2.15. The molecule has 1 heterocycles. The summed E-state index contributed by atoms with van der Waals surface area (Å²) in [6.07, 6.45) is 0. The van der Waals surface area contributed by atoms with Crippen LogP contribution in [0.15, 0.2) is 47.6 Å². The lowest BCUT2D eigenvalue weighted by molar-refractivity contribution is -0.113. The predicted molar refractivity (Wildman–Crippen MR) is 112 cm³/mol. The Morgan fingerprint density at radius 3 is 2.34 bits per heavy atom. The molecule has 0 spiro atoms. The van der Waals surface area contributed by atoms with Gasteiger partial charge in [0.2, 0.25) is 5.91 Å². The van der Waals surface area contributed by atoms with E-state index in [4.69, 9.17) is 14.2 Å². The molecule has 0 bridgehead atoms. The van der Waals surface area contributed by atoms with Gasteiger partial charge in [-0.1, -0.05) is 11.8 Å². The van der Waals surface area contributed by atoms with Crippen molar-refractivity contribution in [2.75, 3.05) is 32.4 Å². The number of nitrogens with zero attached hydrogens (tertiary/aromatic N) is 3. The summed E-state index contributed by atoms with van der Waals surface area (Å²) in [4.78, 5) is 12.4. The van der Waals surface area contributed by atoms with Crippen molar-refractivity contribution in [1.29, 1.82) is 0 Å². The molecule has 9 heteroatoms. The van der Waals surface area contributed by atoms with E-state index >= 15 is 0 Å². The second-order valence-electron chi connectivity index (χ2n) is 6.00. The molecule has 0 unspecified atom stereocenters. The van der Waals surface area contributed by atoms with Crippen LogP contribution in [-0.4, -0.2) is 47.8 Å². The van der Waals surface area contributed by atoms with Crippen LogP contribution in [0.1, 0.15) is 0 Å². The van der Waals surface area contributed by atoms with Gasteiger partial charge in [-0.05, 0) is 36.4 Å². The molecule has 8 nitrogen and oxygen atoms in total. The Hall–Kier alpha value is -3.20. The van der Waals surface area contributed by atoms with Crippen molar-refractivity contribution in [1.82, 2.24) is 14.8 Å². The summed E-state index contributed by atoms with van der Waals surface area (Å²) in [6.45, 7) is 0. The minimum absolute atomic E-state index is 0.174. The Kier molecular flexibility index (Phi) is 6.61. The minimum atomic E-state index is -0.174. The number of benzene rings is 2. The summed E-state index contributed by atoms with van der Waals surface area (Å²) in [7, 11) is 6.61. The molecular weight excluding hydrogens is 392 g/mol. The van der Waals surface area contributed by atoms with Crippen LogP contribution in [0.2, 0.25) is 0 Å². The van der Waals surface area contributed by atoms with Crippen LogP contribution >= 0.6 is 11.8 Å². The first-order valence-electron chi connectivity index (χ1n) is 8.74. The molecule has 0 aliphatic carbocycles. The number of rotatable bonds is 8. The van der Waals surface area contributed by atoms with Crippen molar-refractivity contribution in [3.63, 3.8) is 0 Å². The number of anilines is 1. The second kappa shape index (κ2) is 9.33. The minimum Gasteiger partial charge on any atom is -0.497 e. The molecule has 0 aliphatic rings. The van der Waals surface area contributed by atoms with Gasteiger partial charge in [-0.15, -0.1) is 10.2 Å². The monoisotopic (exact) mass is 414 g/mol. The molecule has 1 amide bonds. The molecule has 1 N–H and O–H groups in total. The summed E-state index contributed by atoms with van der Waals surface area (Å²) in [5.41, 5.74) is 1.50. The van der Waals surface area contributed by atoms with E-state index in [1.807, 2.05) is 35.9 Å². The van der Waals surface area contributed by atoms with Crippen molar-refractivity contribution in [2.45, 2.75) is 5.16 Å². The maximum atomic E-state index is 12.4. The number of amides is 1. The summed E-state index contributed by atoms with van der Waals surface area (Å²) in [5, 5.41) is 11.9. The zero-order valence-corrected chi connectivity index (χ0v) is 17.4. The van der Waals surface area contributed by atoms with Gasteiger partial charge in [0.05, 0.1) is 32.8 Å². The van der Waals surface area contributed by atoms with Gasteiger partial charge in [0.1, 0.15) is 17.2 Å². The highest BCUT2D eigenvalue weighted by Gasteiger charge is 2.14. The summed E-state index contributed by atoms with van der Waals surface area (Å²) < 4.78 is 17.5. The van der Waals surface area contributed by atoms with Crippen LogP contribution in [0.3, 0.4) is 0 Å². The van der Waals surface area contributed by atoms with Crippen LogP contribution in [-0.2, 0) is 11.8 Å². The molecule has 0 saturated carbocycles. The highest BCUT2D eigenvalue weighted by atomic mass is 32.2. The Morgan fingerprint density at radius 2 is 1.69 bits per heavy atom. The van der Waals surface area contributed by atoms with E-state index in [0.717, 1.165) is 11.3 Å². The molecule has 3 aromatic rings. The van der Waals surface area contributed by atoms with Crippen LogP contribution in [0.25, 0.3) is 11.4 Å².